The molecule has 74 valence electrons. The number of thiocarbonyl (C=S) groups is 1. The Hall–Kier alpha value is -1.03. The summed E-state index contributed by atoms with van der Waals surface area (Å²) in [6, 6.07) is 4.74. The molecule has 0 saturated carbocycles. The van der Waals surface area contributed by atoms with Gasteiger partial charge in [-0.15, -0.1) is 0 Å². The maximum atomic E-state index is 11.2. The number of hydrogen-bond donors (Lipinski definition) is 0. The summed E-state index contributed by atoms with van der Waals surface area (Å²) in [4.78, 5) is 4.02. The summed E-state index contributed by atoms with van der Waals surface area (Å²) in [7, 11) is -3.18. The fraction of sp³-hybridized carbons (Fsp3) is 0.222. The molecule has 0 unspecified atom stereocenters. The quantitative estimate of drug-likeness (QED) is 0.574. The van der Waals surface area contributed by atoms with Gasteiger partial charge in [0.1, 0.15) is 0 Å². The van der Waals surface area contributed by atoms with E-state index in [-0.39, 0.29) is 4.90 Å². The van der Waals surface area contributed by atoms with Crippen molar-refractivity contribution in [2.45, 2.75) is 11.8 Å². The zero-order valence-electron chi connectivity index (χ0n) is 7.81. The second-order valence-electron chi connectivity index (χ2n) is 2.92. The molecular formula is C9H9NO2S2. The summed E-state index contributed by atoms with van der Waals surface area (Å²) < 4.78 is 22.4. The van der Waals surface area contributed by atoms with E-state index < -0.39 is 9.84 Å². The molecule has 0 aliphatic rings. The minimum atomic E-state index is -3.18. The van der Waals surface area contributed by atoms with Crippen molar-refractivity contribution in [2.24, 2.45) is 4.99 Å². The molecule has 0 aromatic heterocycles. The van der Waals surface area contributed by atoms with Crippen LogP contribution in [-0.4, -0.2) is 19.8 Å². The molecule has 14 heavy (non-hydrogen) atoms. The highest BCUT2D eigenvalue weighted by Gasteiger charge is 2.08. The smallest absolute Gasteiger partial charge is 0.175 e. The Balaban J connectivity index is 3.41. The van der Waals surface area contributed by atoms with Gasteiger partial charge in [0, 0.05) is 6.26 Å². The normalized spacial score (nSPS) is 10.7. The van der Waals surface area contributed by atoms with Gasteiger partial charge in [-0.05, 0) is 36.8 Å². The van der Waals surface area contributed by atoms with E-state index in [4.69, 9.17) is 0 Å². The van der Waals surface area contributed by atoms with Gasteiger partial charge >= 0.3 is 0 Å². The van der Waals surface area contributed by atoms with Gasteiger partial charge < -0.3 is 0 Å². The average molecular weight is 227 g/mol. The fourth-order valence-electron chi connectivity index (χ4n) is 0.989. The summed E-state index contributed by atoms with van der Waals surface area (Å²) in [6.45, 7) is 1.83. The molecule has 0 aliphatic carbocycles. The molecule has 0 spiro atoms. The van der Waals surface area contributed by atoms with Crippen molar-refractivity contribution >= 4 is 32.9 Å². The van der Waals surface area contributed by atoms with E-state index in [2.05, 4.69) is 22.4 Å². The summed E-state index contributed by atoms with van der Waals surface area (Å²) in [5.74, 6) is 0. The van der Waals surface area contributed by atoms with E-state index in [0.29, 0.717) is 5.69 Å². The minimum absolute atomic E-state index is 0.243. The van der Waals surface area contributed by atoms with Crippen LogP contribution in [0, 0.1) is 6.92 Å². The molecule has 3 nitrogen and oxygen atoms in total. The van der Waals surface area contributed by atoms with Crippen LogP contribution >= 0.6 is 12.2 Å². The van der Waals surface area contributed by atoms with Crippen LogP contribution in [0.2, 0.25) is 0 Å². The average Bonchev–Trinajstić information content (AvgIpc) is 2.07. The van der Waals surface area contributed by atoms with Gasteiger partial charge in [-0.25, -0.2) is 8.42 Å². The maximum Gasteiger partial charge on any atom is 0.175 e. The van der Waals surface area contributed by atoms with Crippen LogP contribution in [0.4, 0.5) is 5.69 Å². The number of sulfone groups is 1. The fourth-order valence-corrected chi connectivity index (χ4v) is 1.73. The van der Waals surface area contributed by atoms with Gasteiger partial charge in [0.25, 0.3) is 0 Å². The van der Waals surface area contributed by atoms with Crippen molar-refractivity contribution in [3.05, 3.63) is 23.8 Å². The third kappa shape index (κ3) is 2.48. The SMILES string of the molecule is Cc1ccc(S(C)(=O)=O)cc1N=C=S. The lowest BCUT2D eigenvalue weighted by molar-refractivity contribution is 0.602. The van der Waals surface area contributed by atoms with Crippen LogP contribution in [0.15, 0.2) is 28.1 Å². The highest BCUT2D eigenvalue weighted by Crippen LogP contribution is 2.22. The molecule has 0 saturated heterocycles. The molecule has 0 atom stereocenters. The van der Waals surface area contributed by atoms with Crippen molar-refractivity contribution < 1.29 is 8.42 Å². The Morgan fingerprint density at radius 1 is 1.43 bits per heavy atom. The van der Waals surface area contributed by atoms with E-state index in [0.717, 1.165) is 11.8 Å². The van der Waals surface area contributed by atoms with Crippen LogP contribution in [0.5, 0.6) is 0 Å². The topological polar surface area (TPSA) is 46.5 Å². The summed E-state index contributed by atoms with van der Waals surface area (Å²) in [5.41, 5.74) is 1.41. The molecular weight excluding hydrogens is 218 g/mol. The third-order valence-corrected chi connectivity index (χ3v) is 2.98. The summed E-state index contributed by atoms with van der Waals surface area (Å²) in [6.07, 6.45) is 1.16. The van der Waals surface area contributed by atoms with Crippen molar-refractivity contribution in [1.29, 1.82) is 0 Å². The number of nitrogens with zero attached hydrogens (tertiary/aromatic N) is 1. The number of hydrogen-bond acceptors (Lipinski definition) is 4. The zero-order chi connectivity index (χ0) is 10.8. The molecule has 5 heteroatoms. The van der Waals surface area contributed by atoms with Gasteiger partial charge in [-0.1, -0.05) is 6.07 Å². The summed E-state index contributed by atoms with van der Waals surface area (Å²) >= 11 is 4.46. The lowest BCUT2D eigenvalue weighted by Gasteiger charge is -2.01. The predicted octanol–water partition coefficient (Wildman–Crippen LogP) is 2.13. The Morgan fingerprint density at radius 3 is 2.57 bits per heavy atom. The molecule has 0 aliphatic heterocycles. The van der Waals surface area contributed by atoms with E-state index in [1.165, 1.54) is 6.07 Å². The summed E-state index contributed by atoms with van der Waals surface area (Å²) in [5, 5.41) is 2.22. The van der Waals surface area contributed by atoms with Gasteiger partial charge in [-0.2, -0.15) is 4.99 Å². The van der Waals surface area contributed by atoms with Gasteiger partial charge in [0.2, 0.25) is 0 Å². The number of aliphatic imine (C=N–C) groups is 1. The van der Waals surface area contributed by atoms with Crippen molar-refractivity contribution in [3.8, 4) is 0 Å². The lowest BCUT2D eigenvalue weighted by Crippen LogP contribution is -1.96. The van der Waals surface area contributed by atoms with Gasteiger partial charge in [0.05, 0.1) is 15.7 Å². The van der Waals surface area contributed by atoms with Crippen molar-refractivity contribution in [2.75, 3.05) is 6.26 Å². The Bertz CT molecular complexity index is 500. The highest BCUT2D eigenvalue weighted by atomic mass is 32.2. The predicted molar refractivity (Wildman–Crippen MR) is 59.0 cm³/mol. The van der Waals surface area contributed by atoms with Crippen LogP contribution in [0.3, 0.4) is 0 Å². The minimum Gasteiger partial charge on any atom is -0.224 e. The zero-order valence-corrected chi connectivity index (χ0v) is 9.45. The second-order valence-corrected chi connectivity index (χ2v) is 5.12. The van der Waals surface area contributed by atoms with Gasteiger partial charge in [-0.3, -0.25) is 0 Å². The molecule has 0 amide bonds. The monoisotopic (exact) mass is 227 g/mol. The van der Waals surface area contributed by atoms with Crippen LogP contribution in [0.25, 0.3) is 0 Å². The molecule has 0 N–H and O–H groups in total. The largest absolute Gasteiger partial charge is 0.224 e. The van der Waals surface area contributed by atoms with E-state index in [1.807, 2.05) is 6.92 Å². The van der Waals surface area contributed by atoms with Crippen LogP contribution in [0.1, 0.15) is 5.56 Å². The third-order valence-electron chi connectivity index (χ3n) is 1.77. The highest BCUT2D eigenvalue weighted by molar-refractivity contribution is 7.90. The van der Waals surface area contributed by atoms with E-state index in [1.54, 1.807) is 12.1 Å². The van der Waals surface area contributed by atoms with Crippen molar-refractivity contribution in [1.82, 2.24) is 0 Å². The molecule has 1 aromatic carbocycles. The van der Waals surface area contributed by atoms with Crippen molar-refractivity contribution in [3.63, 3.8) is 0 Å². The number of isothiocyanates is 1. The second kappa shape index (κ2) is 4.00. The van der Waals surface area contributed by atoms with E-state index >= 15 is 0 Å². The first-order valence-electron chi connectivity index (χ1n) is 3.84. The molecule has 0 heterocycles. The Morgan fingerprint density at radius 2 is 2.07 bits per heavy atom. The lowest BCUT2D eigenvalue weighted by atomic mass is 10.2. The number of benzene rings is 1. The first-order valence-corrected chi connectivity index (χ1v) is 6.13. The standard InChI is InChI=1S/C9H9NO2S2/c1-7-3-4-8(14(2,11)12)5-9(7)10-6-13/h3-5H,1-2H3. The van der Waals surface area contributed by atoms with Gasteiger partial charge in [0.15, 0.2) is 9.84 Å². The number of rotatable bonds is 2. The van der Waals surface area contributed by atoms with E-state index in [9.17, 15) is 8.42 Å². The molecule has 0 bridgehead atoms. The van der Waals surface area contributed by atoms with Crippen LogP contribution in [-0.2, 0) is 9.84 Å². The molecule has 0 radical (unpaired) electrons. The molecule has 0 fully saturated rings. The Labute approximate surface area is 88.4 Å². The van der Waals surface area contributed by atoms with Crippen LogP contribution < -0.4 is 0 Å². The first kappa shape index (κ1) is 11.0. The molecule has 1 rings (SSSR count). The first-order chi connectivity index (χ1) is 6.45. The maximum absolute atomic E-state index is 11.2. The number of aryl methyl sites for hydroxylation is 1. The molecule has 1 aromatic rings. The Kier molecular flexibility index (Phi) is 3.16.